The molecule has 0 heterocycles. The van der Waals surface area contributed by atoms with Gasteiger partial charge in [-0.25, -0.2) is 4.39 Å². The normalized spacial score (nSPS) is 9.73. The summed E-state index contributed by atoms with van der Waals surface area (Å²) in [6.07, 6.45) is 0. The molecule has 0 aliphatic rings. The first kappa shape index (κ1) is 8.40. The van der Waals surface area contributed by atoms with E-state index >= 15 is 0 Å². The summed E-state index contributed by atoms with van der Waals surface area (Å²) in [4.78, 5) is 3.67. The van der Waals surface area contributed by atoms with Crippen LogP contribution in [-0.4, -0.2) is 6.72 Å². The average molecular weight is 216 g/mol. The van der Waals surface area contributed by atoms with Gasteiger partial charge in [-0.2, -0.15) is 0 Å². The molecule has 0 radical (unpaired) electrons. The lowest BCUT2D eigenvalue weighted by atomic mass is 10.2. The van der Waals surface area contributed by atoms with E-state index in [-0.39, 0.29) is 5.82 Å². The predicted molar refractivity (Wildman–Crippen MR) is 48.0 cm³/mol. The molecule has 0 fully saturated rings. The van der Waals surface area contributed by atoms with E-state index in [0.29, 0.717) is 15.7 Å². The van der Waals surface area contributed by atoms with E-state index in [1.54, 1.807) is 13.0 Å². The van der Waals surface area contributed by atoms with Crippen LogP contribution >= 0.6 is 15.9 Å². The molecule has 0 unspecified atom stereocenters. The monoisotopic (exact) mass is 215 g/mol. The van der Waals surface area contributed by atoms with E-state index in [2.05, 4.69) is 27.6 Å². The van der Waals surface area contributed by atoms with Gasteiger partial charge in [-0.15, -0.1) is 0 Å². The SMILES string of the molecule is C=Nc1cc(Br)cc(F)c1C. The van der Waals surface area contributed by atoms with Gasteiger partial charge in [0.25, 0.3) is 0 Å². The number of halogens is 2. The van der Waals surface area contributed by atoms with Gasteiger partial charge in [0, 0.05) is 10.0 Å². The third-order valence-electron chi connectivity index (χ3n) is 1.45. The van der Waals surface area contributed by atoms with E-state index < -0.39 is 0 Å². The molecule has 1 aromatic carbocycles. The van der Waals surface area contributed by atoms with Crippen LogP contribution in [0.3, 0.4) is 0 Å². The second-order valence-electron chi connectivity index (χ2n) is 2.19. The van der Waals surface area contributed by atoms with Gasteiger partial charge >= 0.3 is 0 Å². The van der Waals surface area contributed by atoms with Gasteiger partial charge in [0.2, 0.25) is 0 Å². The zero-order valence-electron chi connectivity index (χ0n) is 6.06. The summed E-state index contributed by atoms with van der Waals surface area (Å²) in [6.45, 7) is 5.01. The third kappa shape index (κ3) is 1.66. The van der Waals surface area contributed by atoms with Gasteiger partial charge in [0.15, 0.2) is 0 Å². The fourth-order valence-corrected chi connectivity index (χ4v) is 1.21. The Morgan fingerprint density at radius 2 is 2.18 bits per heavy atom. The van der Waals surface area contributed by atoms with Crippen LogP contribution in [0.15, 0.2) is 21.6 Å². The molecular formula is C8H7BrFN. The molecule has 0 saturated heterocycles. The van der Waals surface area contributed by atoms with Crippen molar-refractivity contribution in [3.63, 3.8) is 0 Å². The Balaban J connectivity index is 3.35. The van der Waals surface area contributed by atoms with Gasteiger partial charge in [-0.05, 0) is 25.8 Å². The number of hydrogen-bond acceptors (Lipinski definition) is 1. The molecule has 0 N–H and O–H groups in total. The van der Waals surface area contributed by atoms with Crippen molar-refractivity contribution < 1.29 is 4.39 Å². The van der Waals surface area contributed by atoms with Crippen molar-refractivity contribution in [3.05, 3.63) is 28.0 Å². The summed E-state index contributed by atoms with van der Waals surface area (Å²) in [5.74, 6) is -0.262. The van der Waals surface area contributed by atoms with E-state index in [0.717, 1.165) is 0 Å². The van der Waals surface area contributed by atoms with Gasteiger partial charge in [-0.3, -0.25) is 4.99 Å². The second-order valence-corrected chi connectivity index (χ2v) is 3.11. The summed E-state index contributed by atoms with van der Waals surface area (Å²) in [7, 11) is 0. The van der Waals surface area contributed by atoms with Crippen LogP contribution in [-0.2, 0) is 0 Å². The van der Waals surface area contributed by atoms with Gasteiger partial charge in [0.1, 0.15) is 5.82 Å². The molecule has 0 bridgehead atoms. The fraction of sp³-hybridized carbons (Fsp3) is 0.125. The highest BCUT2D eigenvalue weighted by Gasteiger charge is 2.03. The lowest BCUT2D eigenvalue weighted by Gasteiger charge is -2.00. The molecule has 1 aromatic rings. The standard InChI is InChI=1S/C8H7BrFN/c1-5-7(10)3-6(9)4-8(5)11-2/h3-4H,2H2,1H3. The maximum Gasteiger partial charge on any atom is 0.129 e. The molecule has 58 valence electrons. The van der Waals surface area contributed by atoms with E-state index in [1.165, 1.54) is 6.07 Å². The molecule has 0 spiro atoms. The first-order valence-corrected chi connectivity index (χ1v) is 3.87. The van der Waals surface area contributed by atoms with Gasteiger partial charge in [-0.1, -0.05) is 15.9 Å². The Morgan fingerprint density at radius 1 is 1.55 bits per heavy atom. The lowest BCUT2D eigenvalue weighted by Crippen LogP contribution is -1.82. The molecule has 11 heavy (non-hydrogen) atoms. The summed E-state index contributed by atoms with van der Waals surface area (Å²) < 4.78 is 13.6. The van der Waals surface area contributed by atoms with Crippen LogP contribution in [0.2, 0.25) is 0 Å². The minimum Gasteiger partial charge on any atom is -0.264 e. The molecule has 0 aliphatic carbocycles. The van der Waals surface area contributed by atoms with Gasteiger partial charge in [0.05, 0.1) is 5.69 Å². The molecule has 0 aliphatic heterocycles. The Labute approximate surface area is 73.1 Å². The topological polar surface area (TPSA) is 12.4 Å². The highest BCUT2D eigenvalue weighted by atomic mass is 79.9. The molecule has 0 amide bonds. The maximum absolute atomic E-state index is 12.9. The molecule has 0 atom stereocenters. The molecule has 1 rings (SSSR count). The van der Waals surface area contributed by atoms with Crippen LogP contribution in [0, 0.1) is 12.7 Å². The van der Waals surface area contributed by atoms with Crippen molar-refractivity contribution in [2.45, 2.75) is 6.92 Å². The van der Waals surface area contributed by atoms with Crippen LogP contribution in [0.25, 0.3) is 0 Å². The van der Waals surface area contributed by atoms with E-state index in [9.17, 15) is 4.39 Å². The van der Waals surface area contributed by atoms with Crippen LogP contribution in [0.5, 0.6) is 0 Å². The van der Waals surface area contributed by atoms with Crippen molar-refractivity contribution in [3.8, 4) is 0 Å². The zero-order valence-corrected chi connectivity index (χ0v) is 7.65. The number of hydrogen-bond donors (Lipinski definition) is 0. The quantitative estimate of drug-likeness (QED) is 0.639. The van der Waals surface area contributed by atoms with Crippen LogP contribution in [0.4, 0.5) is 10.1 Å². The Hall–Kier alpha value is -0.700. The highest BCUT2D eigenvalue weighted by molar-refractivity contribution is 9.10. The first-order chi connectivity index (χ1) is 5.15. The van der Waals surface area contributed by atoms with E-state index in [4.69, 9.17) is 0 Å². The fourth-order valence-electron chi connectivity index (χ4n) is 0.796. The smallest absolute Gasteiger partial charge is 0.129 e. The molecule has 0 aromatic heterocycles. The summed E-state index contributed by atoms with van der Waals surface area (Å²) in [5, 5.41) is 0. The van der Waals surface area contributed by atoms with E-state index in [1.807, 2.05) is 0 Å². The molecular weight excluding hydrogens is 209 g/mol. The van der Waals surface area contributed by atoms with Crippen LogP contribution in [0.1, 0.15) is 5.56 Å². The Kier molecular flexibility index (Phi) is 2.39. The molecule has 1 nitrogen and oxygen atoms in total. The second kappa shape index (κ2) is 3.13. The van der Waals surface area contributed by atoms with Crippen molar-refractivity contribution >= 4 is 28.3 Å². The summed E-state index contributed by atoms with van der Waals surface area (Å²) in [6, 6.07) is 3.13. The Bertz CT molecular complexity index is 296. The van der Waals surface area contributed by atoms with Crippen molar-refractivity contribution in [1.82, 2.24) is 0 Å². The first-order valence-electron chi connectivity index (χ1n) is 3.07. The van der Waals surface area contributed by atoms with Crippen molar-refractivity contribution in [2.75, 3.05) is 0 Å². The third-order valence-corrected chi connectivity index (χ3v) is 1.91. The highest BCUT2D eigenvalue weighted by Crippen LogP contribution is 2.25. The lowest BCUT2D eigenvalue weighted by molar-refractivity contribution is 0.618. The number of rotatable bonds is 1. The minimum atomic E-state index is -0.262. The average Bonchev–Trinajstić information content (AvgIpc) is 1.96. The Morgan fingerprint density at radius 3 is 2.73 bits per heavy atom. The number of nitrogens with zero attached hydrogens (tertiary/aromatic N) is 1. The molecule has 0 saturated carbocycles. The summed E-state index contributed by atoms with van der Waals surface area (Å²) >= 11 is 3.16. The van der Waals surface area contributed by atoms with Crippen LogP contribution < -0.4 is 0 Å². The van der Waals surface area contributed by atoms with Crippen molar-refractivity contribution in [2.24, 2.45) is 4.99 Å². The number of benzene rings is 1. The van der Waals surface area contributed by atoms with Gasteiger partial charge < -0.3 is 0 Å². The largest absolute Gasteiger partial charge is 0.264 e. The molecule has 3 heteroatoms. The minimum absolute atomic E-state index is 0.262. The number of aliphatic imine (C=N–C) groups is 1. The maximum atomic E-state index is 12.9. The predicted octanol–water partition coefficient (Wildman–Crippen LogP) is 3.23. The zero-order chi connectivity index (χ0) is 8.43. The van der Waals surface area contributed by atoms with Crippen molar-refractivity contribution in [1.29, 1.82) is 0 Å². The summed E-state index contributed by atoms with van der Waals surface area (Å²) in [5.41, 5.74) is 1.11.